The summed E-state index contributed by atoms with van der Waals surface area (Å²) in [6, 6.07) is 17.5. The number of carbonyl (C=O) groups excluding carboxylic acids is 1. The van der Waals surface area contributed by atoms with Crippen LogP contribution in [0, 0.1) is 11.3 Å². The Bertz CT molecular complexity index is 1250. The molecule has 0 saturated heterocycles. The lowest BCUT2D eigenvalue weighted by Crippen LogP contribution is -2.19. The van der Waals surface area contributed by atoms with E-state index in [1.165, 1.54) is 16.6 Å². The van der Waals surface area contributed by atoms with Crippen LogP contribution in [-0.4, -0.2) is 23.9 Å². The molecule has 0 radical (unpaired) electrons. The third kappa shape index (κ3) is 5.89. The molecule has 0 bridgehead atoms. The Balaban J connectivity index is 1.33. The Labute approximate surface area is 212 Å². The van der Waals surface area contributed by atoms with E-state index >= 15 is 0 Å². The standard InChI is InChI=1S/C25H24N4O2S3/c1-31-21-11-4-3-10-20(21)28-25(32)27-16-7-6-8-17(13-16)33-15-23(30)29-24-19(14-26)18-9-2-5-12-22(18)34-24/h3-4,6-8,10-11,13H,2,5,9,12,15H2,1H3,(H,29,30)(H2,27,28,32). The van der Waals surface area contributed by atoms with Gasteiger partial charge in [0.1, 0.15) is 16.8 Å². The summed E-state index contributed by atoms with van der Waals surface area (Å²) in [5, 5.41) is 20.0. The molecule has 6 nitrogen and oxygen atoms in total. The Morgan fingerprint density at radius 2 is 1.97 bits per heavy atom. The van der Waals surface area contributed by atoms with E-state index < -0.39 is 0 Å². The normalized spacial score (nSPS) is 12.2. The van der Waals surface area contributed by atoms with Gasteiger partial charge in [-0.3, -0.25) is 4.79 Å². The van der Waals surface area contributed by atoms with Crippen molar-refractivity contribution in [1.82, 2.24) is 0 Å². The number of nitriles is 1. The lowest BCUT2D eigenvalue weighted by atomic mass is 9.96. The van der Waals surface area contributed by atoms with E-state index in [9.17, 15) is 10.1 Å². The van der Waals surface area contributed by atoms with Crippen LogP contribution in [0.3, 0.4) is 0 Å². The zero-order chi connectivity index (χ0) is 23.9. The predicted molar refractivity (Wildman–Crippen MR) is 144 cm³/mol. The van der Waals surface area contributed by atoms with Crippen molar-refractivity contribution in [2.45, 2.75) is 30.6 Å². The molecule has 0 atom stereocenters. The van der Waals surface area contributed by atoms with Gasteiger partial charge in [-0.15, -0.1) is 23.1 Å². The van der Waals surface area contributed by atoms with Gasteiger partial charge in [-0.05, 0) is 73.8 Å². The number of aryl methyl sites for hydroxylation is 1. The Morgan fingerprint density at radius 3 is 2.79 bits per heavy atom. The van der Waals surface area contributed by atoms with Crippen LogP contribution in [0.4, 0.5) is 16.4 Å². The zero-order valence-electron chi connectivity index (χ0n) is 18.6. The van der Waals surface area contributed by atoms with E-state index in [0.717, 1.165) is 47.5 Å². The number of nitrogens with one attached hydrogen (secondary N) is 3. The number of fused-ring (bicyclic) bond motifs is 1. The number of para-hydroxylation sites is 2. The van der Waals surface area contributed by atoms with Gasteiger partial charge in [0.15, 0.2) is 5.11 Å². The molecular formula is C25H24N4O2S3. The lowest BCUT2D eigenvalue weighted by molar-refractivity contribution is -0.113. The summed E-state index contributed by atoms with van der Waals surface area (Å²) in [6.45, 7) is 0. The number of thiophene rings is 1. The van der Waals surface area contributed by atoms with Crippen molar-refractivity contribution in [2.24, 2.45) is 0 Å². The molecular weight excluding hydrogens is 485 g/mol. The molecule has 3 aromatic rings. The fourth-order valence-corrected chi connectivity index (χ4v) is 6.02. The van der Waals surface area contributed by atoms with Gasteiger partial charge in [-0.1, -0.05) is 18.2 Å². The van der Waals surface area contributed by atoms with Gasteiger partial charge in [0.25, 0.3) is 0 Å². The fourth-order valence-electron chi connectivity index (χ4n) is 3.78. The van der Waals surface area contributed by atoms with Crippen molar-refractivity contribution in [3.05, 3.63) is 64.5 Å². The number of hydrogen-bond donors (Lipinski definition) is 3. The number of amides is 1. The maximum Gasteiger partial charge on any atom is 0.235 e. The van der Waals surface area contributed by atoms with Crippen LogP contribution in [0.2, 0.25) is 0 Å². The summed E-state index contributed by atoms with van der Waals surface area (Å²) in [4.78, 5) is 14.8. The number of thioether (sulfide) groups is 1. The number of rotatable bonds is 7. The summed E-state index contributed by atoms with van der Waals surface area (Å²) in [5.41, 5.74) is 3.35. The minimum atomic E-state index is -0.119. The Morgan fingerprint density at radius 1 is 1.15 bits per heavy atom. The van der Waals surface area contributed by atoms with Crippen LogP contribution in [0.5, 0.6) is 5.75 Å². The average Bonchev–Trinajstić information content (AvgIpc) is 3.20. The molecule has 2 aromatic carbocycles. The molecule has 1 aromatic heterocycles. The zero-order valence-corrected chi connectivity index (χ0v) is 21.1. The molecule has 0 unspecified atom stereocenters. The number of methoxy groups -OCH3 is 1. The summed E-state index contributed by atoms with van der Waals surface area (Å²) in [7, 11) is 1.61. The van der Waals surface area contributed by atoms with Crippen LogP contribution < -0.4 is 20.7 Å². The van der Waals surface area contributed by atoms with Crippen LogP contribution in [0.15, 0.2) is 53.4 Å². The molecule has 0 saturated carbocycles. The van der Waals surface area contributed by atoms with E-state index in [2.05, 4.69) is 22.0 Å². The highest BCUT2D eigenvalue weighted by Gasteiger charge is 2.21. The second kappa shape index (κ2) is 11.4. The lowest BCUT2D eigenvalue weighted by Gasteiger charge is -2.13. The summed E-state index contributed by atoms with van der Waals surface area (Å²) >= 11 is 8.41. The molecule has 1 heterocycles. The molecule has 9 heteroatoms. The molecule has 174 valence electrons. The van der Waals surface area contributed by atoms with Gasteiger partial charge in [0.05, 0.1) is 24.1 Å². The SMILES string of the molecule is COc1ccccc1NC(=S)Nc1cccc(SCC(=O)Nc2sc3c(c2C#N)CCCC3)c1. The van der Waals surface area contributed by atoms with E-state index in [4.69, 9.17) is 17.0 Å². The molecule has 4 rings (SSSR count). The fraction of sp³-hybridized carbons (Fsp3) is 0.240. The van der Waals surface area contributed by atoms with Gasteiger partial charge in [-0.25, -0.2) is 0 Å². The number of carbonyl (C=O) groups is 1. The van der Waals surface area contributed by atoms with Crippen molar-refractivity contribution in [3.8, 4) is 11.8 Å². The van der Waals surface area contributed by atoms with Gasteiger partial charge in [0, 0.05) is 15.5 Å². The summed E-state index contributed by atoms with van der Waals surface area (Å²) < 4.78 is 5.34. The minimum Gasteiger partial charge on any atom is -0.495 e. The highest BCUT2D eigenvalue weighted by molar-refractivity contribution is 8.00. The first-order valence-electron chi connectivity index (χ1n) is 10.9. The van der Waals surface area contributed by atoms with Gasteiger partial charge < -0.3 is 20.7 Å². The largest absolute Gasteiger partial charge is 0.495 e. The number of benzene rings is 2. The number of ether oxygens (including phenoxy) is 1. The first-order chi connectivity index (χ1) is 16.6. The molecule has 1 aliphatic carbocycles. The van der Waals surface area contributed by atoms with Gasteiger partial charge >= 0.3 is 0 Å². The maximum absolute atomic E-state index is 12.6. The monoisotopic (exact) mass is 508 g/mol. The predicted octanol–water partition coefficient (Wildman–Crippen LogP) is 6.05. The molecule has 0 spiro atoms. The highest BCUT2D eigenvalue weighted by atomic mass is 32.2. The molecule has 1 amide bonds. The molecule has 1 aliphatic rings. The Kier molecular flexibility index (Phi) is 8.06. The van der Waals surface area contributed by atoms with Crippen molar-refractivity contribution >= 4 is 62.7 Å². The number of anilines is 3. The van der Waals surface area contributed by atoms with Crippen molar-refractivity contribution in [3.63, 3.8) is 0 Å². The average molecular weight is 509 g/mol. The molecule has 0 fully saturated rings. The molecule has 0 aliphatic heterocycles. The first-order valence-corrected chi connectivity index (χ1v) is 13.1. The second-order valence-corrected chi connectivity index (χ2v) is 10.2. The topological polar surface area (TPSA) is 86.2 Å². The van der Waals surface area contributed by atoms with Crippen molar-refractivity contribution in [2.75, 3.05) is 28.8 Å². The van der Waals surface area contributed by atoms with Crippen LogP contribution >= 0.6 is 35.3 Å². The minimum absolute atomic E-state index is 0.119. The smallest absolute Gasteiger partial charge is 0.235 e. The third-order valence-corrected chi connectivity index (χ3v) is 7.76. The van der Waals surface area contributed by atoms with E-state index in [-0.39, 0.29) is 11.7 Å². The van der Waals surface area contributed by atoms with Crippen LogP contribution in [0.25, 0.3) is 0 Å². The van der Waals surface area contributed by atoms with Gasteiger partial charge in [-0.2, -0.15) is 5.26 Å². The van der Waals surface area contributed by atoms with E-state index in [0.29, 0.717) is 21.4 Å². The number of nitrogens with zero attached hydrogens (tertiary/aromatic N) is 1. The van der Waals surface area contributed by atoms with Crippen molar-refractivity contribution < 1.29 is 9.53 Å². The molecule has 3 N–H and O–H groups in total. The first kappa shape index (κ1) is 24.1. The summed E-state index contributed by atoms with van der Waals surface area (Å²) in [6.07, 6.45) is 4.16. The third-order valence-electron chi connectivity index (χ3n) is 5.35. The summed E-state index contributed by atoms with van der Waals surface area (Å²) in [5.74, 6) is 0.834. The van der Waals surface area contributed by atoms with Crippen LogP contribution in [0.1, 0.15) is 28.8 Å². The van der Waals surface area contributed by atoms with E-state index in [1.807, 2.05) is 48.5 Å². The second-order valence-electron chi connectivity index (χ2n) is 7.67. The number of hydrogen-bond acceptors (Lipinski definition) is 6. The van der Waals surface area contributed by atoms with Gasteiger partial charge in [0.2, 0.25) is 5.91 Å². The highest BCUT2D eigenvalue weighted by Crippen LogP contribution is 2.37. The quantitative estimate of drug-likeness (QED) is 0.265. The van der Waals surface area contributed by atoms with E-state index in [1.54, 1.807) is 18.4 Å². The van der Waals surface area contributed by atoms with Crippen LogP contribution in [-0.2, 0) is 17.6 Å². The van der Waals surface area contributed by atoms with Crippen molar-refractivity contribution in [1.29, 1.82) is 5.26 Å². The number of thiocarbonyl (C=S) groups is 1. The molecule has 34 heavy (non-hydrogen) atoms. The maximum atomic E-state index is 12.6. The Hall–Kier alpha value is -3.06.